The molecule has 2 N–H and O–H groups in total. The molecule has 0 spiro atoms. The number of carbonyl (C=O) groups excluding carboxylic acids is 1. The predicted octanol–water partition coefficient (Wildman–Crippen LogP) is -0.344. The average Bonchev–Trinajstić information content (AvgIpc) is 2.90. The Kier molecular flexibility index (Phi) is 4.21. The van der Waals surface area contributed by atoms with Crippen LogP contribution in [-0.4, -0.2) is 37.8 Å². The monoisotopic (exact) mass is 257 g/mol. The second-order valence-electron chi connectivity index (χ2n) is 3.59. The van der Waals surface area contributed by atoms with Crippen molar-refractivity contribution in [3.63, 3.8) is 0 Å². The quantitative estimate of drug-likeness (QED) is 0.733. The van der Waals surface area contributed by atoms with Gasteiger partial charge in [-0.3, -0.25) is 4.79 Å². The molecule has 0 fully saturated rings. The van der Waals surface area contributed by atoms with Gasteiger partial charge in [-0.1, -0.05) is 11.8 Å². The van der Waals surface area contributed by atoms with Crippen molar-refractivity contribution < 1.29 is 9.90 Å². The molecule has 0 saturated carbocycles. The maximum Gasteiger partial charge on any atom is 0.246 e. The van der Waals surface area contributed by atoms with Crippen LogP contribution in [0.15, 0.2) is 30.6 Å². The first-order valence-electron chi connectivity index (χ1n) is 5.48. The van der Waals surface area contributed by atoms with Crippen molar-refractivity contribution in [3.05, 3.63) is 36.2 Å². The number of carbonyl (C=O) groups is 1. The Bertz CT molecular complexity index is 595. The molecule has 19 heavy (non-hydrogen) atoms. The van der Waals surface area contributed by atoms with Crippen molar-refractivity contribution in [2.24, 2.45) is 0 Å². The summed E-state index contributed by atoms with van der Waals surface area (Å²) in [7, 11) is 0. The maximum atomic E-state index is 11.6. The molecule has 2 aromatic rings. The molecule has 0 aliphatic rings. The predicted molar refractivity (Wildman–Crippen MR) is 66.9 cm³/mol. The summed E-state index contributed by atoms with van der Waals surface area (Å²) in [5.74, 6) is 5.09. The summed E-state index contributed by atoms with van der Waals surface area (Å²) >= 11 is 0. The van der Waals surface area contributed by atoms with Crippen LogP contribution in [0.4, 0.5) is 5.69 Å². The summed E-state index contributed by atoms with van der Waals surface area (Å²) in [6.45, 7) is -0.122. The zero-order valence-electron chi connectivity index (χ0n) is 9.95. The normalized spacial score (nSPS) is 9.53. The van der Waals surface area contributed by atoms with E-state index in [1.165, 1.54) is 11.0 Å². The molecule has 1 amide bonds. The summed E-state index contributed by atoms with van der Waals surface area (Å²) in [6.07, 6.45) is 1.37. The SMILES string of the molecule is O=C(Cn1cnnn1)Nc1ccc(C#CCO)cc1. The van der Waals surface area contributed by atoms with E-state index in [9.17, 15) is 4.79 Å². The Hall–Kier alpha value is -2.72. The van der Waals surface area contributed by atoms with Crippen LogP contribution in [0, 0.1) is 11.8 Å². The van der Waals surface area contributed by atoms with E-state index >= 15 is 0 Å². The minimum Gasteiger partial charge on any atom is -0.384 e. The topological polar surface area (TPSA) is 92.9 Å². The lowest BCUT2D eigenvalue weighted by atomic mass is 10.2. The van der Waals surface area contributed by atoms with Crippen LogP contribution in [0.2, 0.25) is 0 Å². The Morgan fingerprint density at radius 3 is 2.79 bits per heavy atom. The van der Waals surface area contributed by atoms with E-state index in [1.54, 1.807) is 24.3 Å². The standard InChI is InChI=1S/C12H11N5O2/c18-7-1-2-10-3-5-11(6-4-10)14-12(19)8-17-9-13-15-16-17/h3-6,9,18H,7-8H2,(H,14,19). The van der Waals surface area contributed by atoms with Crippen molar-refractivity contribution >= 4 is 11.6 Å². The van der Waals surface area contributed by atoms with E-state index in [0.717, 1.165) is 5.56 Å². The van der Waals surface area contributed by atoms with Crippen LogP contribution < -0.4 is 5.32 Å². The number of aliphatic hydroxyl groups excluding tert-OH is 1. The highest BCUT2D eigenvalue weighted by atomic mass is 16.2. The number of rotatable bonds is 3. The number of aromatic nitrogens is 4. The van der Waals surface area contributed by atoms with Gasteiger partial charge in [-0.2, -0.15) is 0 Å². The second-order valence-corrected chi connectivity index (χ2v) is 3.59. The van der Waals surface area contributed by atoms with Gasteiger partial charge < -0.3 is 10.4 Å². The Morgan fingerprint density at radius 2 is 2.16 bits per heavy atom. The number of nitrogens with zero attached hydrogens (tertiary/aromatic N) is 4. The van der Waals surface area contributed by atoms with Gasteiger partial charge in [0, 0.05) is 11.3 Å². The van der Waals surface area contributed by atoms with Gasteiger partial charge >= 0.3 is 0 Å². The van der Waals surface area contributed by atoms with Crippen molar-refractivity contribution in [2.45, 2.75) is 6.54 Å². The zero-order chi connectivity index (χ0) is 13.5. The number of benzene rings is 1. The lowest BCUT2D eigenvalue weighted by molar-refractivity contribution is -0.116. The lowest BCUT2D eigenvalue weighted by Crippen LogP contribution is -2.19. The number of aliphatic hydroxyl groups is 1. The van der Waals surface area contributed by atoms with E-state index in [0.29, 0.717) is 5.69 Å². The molecular formula is C12H11N5O2. The molecule has 0 unspecified atom stereocenters. The maximum absolute atomic E-state index is 11.6. The highest BCUT2D eigenvalue weighted by Gasteiger charge is 2.04. The first-order valence-corrected chi connectivity index (χ1v) is 5.48. The van der Waals surface area contributed by atoms with Crippen LogP contribution in [0.5, 0.6) is 0 Å². The Labute approximate surface area is 109 Å². The van der Waals surface area contributed by atoms with Gasteiger partial charge in [-0.15, -0.1) is 5.10 Å². The summed E-state index contributed by atoms with van der Waals surface area (Å²) in [5, 5.41) is 21.8. The molecular weight excluding hydrogens is 246 g/mol. The van der Waals surface area contributed by atoms with Gasteiger partial charge in [0.25, 0.3) is 0 Å². The largest absolute Gasteiger partial charge is 0.384 e. The van der Waals surface area contributed by atoms with Crippen molar-refractivity contribution in [3.8, 4) is 11.8 Å². The number of hydrogen-bond donors (Lipinski definition) is 2. The fourth-order valence-electron chi connectivity index (χ4n) is 1.38. The fourth-order valence-corrected chi connectivity index (χ4v) is 1.38. The Balaban J connectivity index is 1.94. The summed E-state index contributed by atoms with van der Waals surface area (Å²) in [4.78, 5) is 11.6. The summed E-state index contributed by atoms with van der Waals surface area (Å²) in [5.41, 5.74) is 1.43. The van der Waals surface area contributed by atoms with Gasteiger partial charge in [-0.05, 0) is 34.7 Å². The zero-order valence-corrected chi connectivity index (χ0v) is 9.95. The third-order valence-electron chi connectivity index (χ3n) is 2.18. The van der Waals surface area contributed by atoms with E-state index in [-0.39, 0.29) is 19.1 Å². The minimum absolute atomic E-state index is 0.0546. The number of hydrogen-bond acceptors (Lipinski definition) is 5. The number of tetrazole rings is 1. The van der Waals surface area contributed by atoms with Gasteiger partial charge in [0.15, 0.2) is 0 Å². The molecule has 96 valence electrons. The van der Waals surface area contributed by atoms with E-state index in [1.807, 2.05) is 0 Å². The molecule has 1 heterocycles. The van der Waals surface area contributed by atoms with E-state index < -0.39 is 0 Å². The van der Waals surface area contributed by atoms with Gasteiger partial charge in [-0.25, -0.2) is 4.68 Å². The van der Waals surface area contributed by atoms with Gasteiger partial charge in [0.2, 0.25) is 5.91 Å². The Morgan fingerprint density at radius 1 is 1.37 bits per heavy atom. The van der Waals surface area contributed by atoms with Crippen LogP contribution >= 0.6 is 0 Å². The number of amides is 1. The van der Waals surface area contributed by atoms with E-state index in [4.69, 9.17) is 5.11 Å². The van der Waals surface area contributed by atoms with Gasteiger partial charge in [0.1, 0.15) is 19.5 Å². The molecule has 7 heteroatoms. The van der Waals surface area contributed by atoms with Crippen molar-refractivity contribution in [1.82, 2.24) is 20.2 Å². The molecule has 0 radical (unpaired) electrons. The van der Waals surface area contributed by atoms with Crippen LogP contribution in [-0.2, 0) is 11.3 Å². The lowest BCUT2D eigenvalue weighted by Gasteiger charge is -2.04. The van der Waals surface area contributed by atoms with Gasteiger partial charge in [0.05, 0.1) is 0 Å². The molecule has 7 nitrogen and oxygen atoms in total. The molecule has 0 atom stereocenters. The molecule has 0 saturated heterocycles. The molecule has 1 aromatic carbocycles. The number of anilines is 1. The smallest absolute Gasteiger partial charge is 0.246 e. The van der Waals surface area contributed by atoms with Crippen LogP contribution in [0.3, 0.4) is 0 Å². The third-order valence-corrected chi connectivity index (χ3v) is 2.18. The summed E-state index contributed by atoms with van der Waals surface area (Å²) in [6, 6.07) is 6.99. The molecule has 2 rings (SSSR count). The van der Waals surface area contributed by atoms with Crippen LogP contribution in [0.25, 0.3) is 0 Å². The third kappa shape index (κ3) is 3.90. The molecule has 0 bridgehead atoms. The fraction of sp³-hybridized carbons (Fsp3) is 0.167. The van der Waals surface area contributed by atoms with Crippen molar-refractivity contribution in [1.29, 1.82) is 0 Å². The molecule has 0 aliphatic heterocycles. The second kappa shape index (κ2) is 6.28. The minimum atomic E-state index is -0.221. The molecule has 0 aliphatic carbocycles. The van der Waals surface area contributed by atoms with Crippen LogP contribution in [0.1, 0.15) is 5.56 Å². The average molecular weight is 257 g/mol. The highest BCUT2D eigenvalue weighted by Crippen LogP contribution is 2.08. The van der Waals surface area contributed by atoms with E-state index in [2.05, 4.69) is 32.7 Å². The van der Waals surface area contributed by atoms with Crippen molar-refractivity contribution in [2.75, 3.05) is 11.9 Å². The highest BCUT2D eigenvalue weighted by molar-refractivity contribution is 5.90. The first kappa shape index (κ1) is 12.7. The number of nitrogens with one attached hydrogen (secondary N) is 1. The molecule has 1 aromatic heterocycles. The first-order chi connectivity index (χ1) is 9.28. The summed E-state index contributed by atoms with van der Waals surface area (Å²) < 4.78 is 1.33.